The highest BCUT2D eigenvalue weighted by Gasteiger charge is 2.19. The molecule has 0 radical (unpaired) electrons. The van der Waals surface area contributed by atoms with E-state index in [1.807, 2.05) is 24.3 Å². The average molecular weight is 318 g/mol. The van der Waals surface area contributed by atoms with Gasteiger partial charge in [0.25, 0.3) is 5.91 Å². The third-order valence-electron chi connectivity index (χ3n) is 2.65. The van der Waals surface area contributed by atoms with Crippen molar-refractivity contribution in [2.24, 2.45) is 11.5 Å². The maximum Gasteiger partial charge on any atom is 0.277 e. The van der Waals surface area contributed by atoms with Crippen LogP contribution in [0.1, 0.15) is 10.5 Å². The first kappa shape index (κ1) is 18.2. The SMILES string of the molecule is Cl.Cl.N=C(N)N(CCN)C(=O)c1cc2ccccc2[nH]1. The van der Waals surface area contributed by atoms with Crippen LogP contribution in [-0.2, 0) is 0 Å². The first-order valence-electron chi connectivity index (χ1n) is 5.57. The van der Waals surface area contributed by atoms with Crippen molar-refractivity contribution in [1.29, 1.82) is 5.41 Å². The Morgan fingerprint density at radius 1 is 1.30 bits per heavy atom. The van der Waals surface area contributed by atoms with Crippen LogP contribution in [0.15, 0.2) is 30.3 Å². The molecule has 0 bridgehead atoms. The lowest BCUT2D eigenvalue weighted by molar-refractivity contribution is 0.0843. The number of H-pyrrole nitrogens is 1. The first-order chi connectivity index (χ1) is 8.63. The smallest absolute Gasteiger partial charge is 0.277 e. The van der Waals surface area contributed by atoms with Gasteiger partial charge in [0.15, 0.2) is 5.96 Å². The number of hydrogen-bond donors (Lipinski definition) is 4. The van der Waals surface area contributed by atoms with Gasteiger partial charge in [0.2, 0.25) is 0 Å². The Morgan fingerprint density at radius 2 is 1.95 bits per heavy atom. The lowest BCUT2D eigenvalue weighted by Gasteiger charge is -2.18. The van der Waals surface area contributed by atoms with Gasteiger partial charge in [-0.1, -0.05) is 18.2 Å². The van der Waals surface area contributed by atoms with Crippen LogP contribution in [0.25, 0.3) is 10.9 Å². The minimum Gasteiger partial charge on any atom is -0.370 e. The quantitative estimate of drug-likeness (QED) is 0.505. The number of benzene rings is 1. The van der Waals surface area contributed by atoms with Crippen molar-refractivity contribution >= 4 is 47.6 Å². The van der Waals surface area contributed by atoms with Crippen molar-refractivity contribution in [3.05, 3.63) is 36.0 Å². The number of nitrogens with one attached hydrogen (secondary N) is 2. The number of carbonyl (C=O) groups is 1. The number of aromatic amines is 1. The van der Waals surface area contributed by atoms with E-state index in [0.717, 1.165) is 15.8 Å². The molecule has 0 unspecified atom stereocenters. The molecule has 0 saturated heterocycles. The molecule has 2 rings (SSSR count). The van der Waals surface area contributed by atoms with E-state index in [1.165, 1.54) is 0 Å². The molecule has 1 aromatic carbocycles. The summed E-state index contributed by atoms with van der Waals surface area (Å²) in [5.74, 6) is -0.645. The maximum absolute atomic E-state index is 12.2. The second kappa shape index (κ2) is 7.74. The van der Waals surface area contributed by atoms with Gasteiger partial charge in [-0.05, 0) is 12.1 Å². The molecule has 0 aliphatic carbocycles. The van der Waals surface area contributed by atoms with Gasteiger partial charge >= 0.3 is 0 Å². The van der Waals surface area contributed by atoms with E-state index in [-0.39, 0.29) is 49.8 Å². The Morgan fingerprint density at radius 3 is 2.50 bits per heavy atom. The number of carbonyl (C=O) groups excluding carboxylic acids is 1. The van der Waals surface area contributed by atoms with E-state index < -0.39 is 0 Å². The van der Waals surface area contributed by atoms with Gasteiger partial charge < -0.3 is 16.5 Å². The van der Waals surface area contributed by atoms with Gasteiger partial charge in [0.1, 0.15) is 5.69 Å². The molecule has 6 nitrogen and oxygen atoms in total. The van der Waals surface area contributed by atoms with Crippen LogP contribution in [0.4, 0.5) is 0 Å². The van der Waals surface area contributed by atoms with E-state index in [1.54, 1.807) is 6.07 Å². The summed E-state index contributed by atoms with van der Waals surface area (Å²) in [6, 6.07) is 9.31. The number of hydrogen-bond acceptors (Lipinski definition) is 3. The van der Waals surface area contributed by atoms with Gasteiger partial charge in [0.05, 0.1) is 0 Å². The minimum absolute atomic E-state index is 0. The summed E-state index contributed by atoms with van der Waals surface area (Å²) in [7, 11) is 0. The largest absolute Gasteiger partial charge is 0.370 e. The second-order valence-corrected chi connectivity index (χ2v) is 3.90. The molecule has 0 fully saturated rings. The molecule has 1 aromatic heterocycles. The summed E-state index contributed by atoms with van der Waals surface area (Å²) in [6.07, 6.45) is 0. The summed E-state index contributed by atoms with van der Waals surface area (Å²) in [4.78, 5) is 16.3. The molecule has 0 spiro atoms. The summed E-state index contributed by atoms with van der Waals surface area (Å²) >= 11 is 0. The molecule has 0 aliphatic heterocycles. The lowest BCUT2D eigenvalue weighted by Crippen LogP contribution is -2.44. The summed E-state index contributed by atoms with van der Waals surface area (Å²) in [5, 5.41) is 8.32. The van der Waals surface area contributed by atoms with Crippen molar-refractivity contribution in [3.63, 3.8) is 0 Å². The highest BCUT2D eigenvalue weighted by molar-refractivity contribution is 6.05. The van der Waals surface area contributed by atoms with Crippen LogP contribution in [-0.4, -0.2) is 34.8 Å². The van der Waals surface area contributed by atoms with E-state index in [2.05, 4.69) is 4.98 Å². The number of rotatable bonds is 3. The Labute approximate surface area is 128 Å². The van der Waals surface area contributed by atoms with Gasteiger partial charge in [-0.3, -0.25) is 15.1 Å². The van der Waals surface area contributed by atoms with Crippen molar-refractivity contribution in [2.45, 2.75) is 0 Å². The van der Waals surface area contributed by atoms with Crippen molar-refractivity contribution < 1.29 is 4.79 Å². The maximum atomic E-state index is 12.2. The highest BCUT2D eigenvalue weighted by atomic mass is 35.5. The Kier molecular flexibility index (Phi) is 7.06. The lowest BCUT2D eigenvalue weighted by atomic mass is 10.2. The number of halogens is 2. The van der Waals surface area contributed by atoms with Gasteiger partial charge in [-0.2, -0.15) is 0 Å². The van der Waals surface area contributed by atoms with Crippen molar-refractivity contribution in [2.75, 3.05) is 13.1 Å². The topological polar surface area (TPSA) is 112 Å². The molecule has 0 atom stereocenters. The molecule has 1 heterocycles. The van der Waals surface area contributed by atoms with E-state index in [9.17, 15) is 4.79 Å². The predicted molar refractivity (Wildman–Crippen MR) is 84.8 cm³/mol. The van der Waals surface area contributed by atoms with Crippen LogP contribution in [0.5, 0.6) is 0 Å². The zero-order chi connectivity index (χ0) is 13.1. The summed E-state index contributed by atoms with van der Waals surface area (Å²) in [6.45, 7) is 0.481. The Bertz CT molecular complexity index is 565. The molecule has 6 N–H and O–H groups in total. The van der Waals surface area contributed by atoms with E-state index in [4.69, 9.17) is 16.9 Å². The molecule has 8 heteroatoms. The molecule has 1 amide bonds. The van der Waals surface area contributed by atoms with Gasteiger partial charge in [-0.25, -0.2) is 0 Å². The van der Waals surface area contributed by atoms with Gasteiger partial charge in [0, 0.05) is 24.0 Å². The number of amides is 1. The monoisotopic (exact) mass is 317 g/mol. The third-order valence-corrected chi connectivity index (χ3v) is 2.65. The minimum atomic E-state index is -0.343. The van der Waals surface area contributed by atoms with Crippen LogP contribution in [0.2, 0.25) is 0 Å². The average Bonchev–Trinajstić information content (AvgIpc) is 2.78. The van der Waals surface area contributed by atoms with Crippen LogP contribution in [0, 0.1) is 5.41 Å². The van der Waals surface area contributed by atoms with Crippen molar-refractivity contribution in [1.82, 2.24) is 9.88 Å². The standard InChI is InChI=1S/C12H15N5O.2ClH/c13-5-6-17(12(14)15)11(18)10-7-8-3-1-2-4-9(8)16-10;;/h1-4,7,16H,5-6,13H2,(H3,14,15);2*1H. The van der Waals surface area contributed by atoms with E-state index in [0.29, 0.717) is 5.69 Å². The fourth-order valence-electron chi connectivity index (χ4n) is 1.79. The number of guanidine groups is 1. The summed E-state index contributed by atoms with van der Waals surface area (Å²) < 4.78 is 0. The number of nitrogens with zero attached hydrogens (tertiary/aromatic N) is 1. The number of nitrogens with two attached hydrogens (primary N) is 2. The van der Waals surface area contributed by atoms with Gasteiger partial charge in [-0.15, -0.1) is 24.8 Å². The number of aromatic nitrogens is 1. The van der Waals surface area contributed by atoms with Crippen LogP contribution in [0.3, 0.4) is 0 Å². The normalized spacial score (nSPS) is 9.45. The van der Waals surface area contributed by atoms with E-state index >= 15 is 0 Å². The Hall–Kier alpha value is -1.76. The zero-order valence-corrected chi connectivity index (χ0v) is 12.3. The second-order valence-electron chi connectivity index (χ2n) is 3.90. The molecule has 110 valence electrons. The zero-order valence-electron chi connectivity index (χ0n) is 10.6. The van der Waals surface area contributed by atoms with Crippen LogP contribution < -0.4 is 11.5 Å². The fourth-order valence-corrected chi connectivity index (χ4v) is 1.79. The molecular weight excluding hydrogens is 301 g/mol. The highest BCUT2D eigenvalue weighted by Crippen LogP contribution is 2.15. The van der Waals surface area contributed by atoms with Crippen molar-refractivity contribution in [3.8, 4) is 0 Å². The molecule has 0 aliphatic rings. The summed E-state index contributed by atoms with van der Waals surface area (Å²) in [5.41, 5.74) is 12.1. The third kappa shape index (κ3) is 3.63. The first-order valence-corrected chi connectivity index (χ1v) is 5.57. The molecular formula is C12H17Cl2N5O. The molecule has 0 saturated carbocycles. The Balaban J connectivity index is 0.00000180. The number of para-hydroxylation sites is 1. The van der Waals surface area contributed by atoms with Crippen LogP contribution >= 0.6 is 24.8 Å². The molecule has 2 aromatic rings. The number of fused-ring (bicyclic) bond motifs is 1. The fraction of sp³-hybridized carbons (Fsp3) is 0.167. The predicted octanol–water partition coefficient (Wildman–Crippen LogP) is 1.31. The molecule has 20 heavy (non-hydrogen) atoms.